The molecule has 3 rings (SSSR count). The quantitative estimate of drug-likeness (QED) is 0.856. The summed E-state index contributed by atoms with van der Waals surface area (Å²) in [4.78, 5) is 0. The van der Waals surface area contributed by atoms with Gasteiger partial charge in [0.2, 0.25) is 0 Å². The molecule has 2 unspecified atom stereocenters. The van der Waals surface area contributed by atoms with Crippen LogP contribution >= 0.6 is 0 Å². The smallest absolute Gasteiger partial charge is 0.368 e. The van der Waals surface area contributed by atoms with Crippen LogP contribution in [0.2, 0.25) is 0 Å². The van der Waals surface area contributed by atoms with Gasteiger partial charge in [0.05, 0.1) is 5.69 Å². The highest BCUT2D eigenvalue weighted by molar-refractivity contribution is 5.64. The van der Waals surface area contributed by atoms with Gasteiger partial charge in [-0.05, 0) is 20.3 Å². The molecule has 112 valence electrons. The summed E-state index contributed by atoms with van der Waals surface area (Å²) in [6.07, 6.45) is -4.30. The van der Waals surface area contributed by atoms with Crippen molar-refractivity contribution in [3.05, 3.63) is 35.9 Å². The van der Waals surface area contributed by atoms with E-state index < -0.39 is 12.2 Å². The van der Waals surface area contributed by atoms with Crippen LogP contribution in [0.25, 0.3) is 11.3 Å². The molecule has 1 aromatic heterocycles. The highest BCUT2D eigenvalue weighted by atomic mass is 19.4. The average molecular weight is 295 g/mol. The average Bonchev–Trinajstić information content (AvgIpc) is 2.80. The molecular weight excluding hydrogens is 279 g/mol. The number of nitrogens with zero attached hydrogens (tertiary/aromatic N) is 2. The Morgan fingerprint density at radius 3 is 2.52 bits per heavy atom. The number of hydrogen-bond acceptors (Lipinski definition) is 2. The number of rotatable bonds is 1. The maximum atomic E-state index is 13.2. The monoisotopic (exact) mass is 295 g/mol. The predicted octanol–water partition coefficient (Wildman–Crippen LogP) is 4.17. The molecule has 0 saturated carbocycles. The van der Waals surface area contributed by atoms with Crippen LogP contribution in [-0.4, -0.2) is 22.0 Å². The number of aromatic nitrogens is 2. The Hall–Kier alpha value is -1.98. The molecule has 0 aliphatic carbocycles. The van der Waals surface area contributed by atoms with Gasteiger partial charge >= 0.3 is 6.18 Å². The summed E-state index contributed by atoms with van der Waals surface area (Å²) in [5.41, 5.74) is 2.47. The minimum atomic E-state index is -4.29. The van der Waals surface area contributed by atoms with E-state index in [2.05, 4.69) is 10.4 Å². The molecular formula is C15H16F3N3. The van der Waals surface area contributed by atoms with Crippen LogP contribution in [-0.2, 0) is 0 Å². The Morgan fingerprint density at radius 2 is 1.90 bits per heavy atom. The van der Waals surface area contributed by atoms with Crippen molar-refractivity contribution in [2.75, 3.05) is 5.32 Å². The van der Waals surface area contributed by atoms with Crippen molar-refractivity contribution in [2.24, 2.45) is 0 Å². The maximum absolute atomic E-state index is 13.2. The molecule has 1 aromatic carbocycles. The van der Waals surface area contributed by atoms with Crippen molar-refractivity contribution < 1.29 is 13.2 Å². The van der Waals surface area contributed by atoms with Crippen LogP contribution in [0.1, 0.15) is 24.9 Å². The molecule has 1 aliphatic heterocycles. The molecule has 0 radical (unpaired) electrons. The highest BCUT2D eigenvalue weighted by Gasteiger charge is 2.45. The number of benzene rings is 1. The molecule has 21 heavy (non-hydrogen) atoms. The van der Waals surface area contributed by atoms with E-state index in [1.165, 1.54) is 0 Å². The fraction of sp³-hybridized carbons (Fsp3) is 0.400. The van der Waals surface area contributed by atoms with E-state index in [4.69, 9.17) is 0 Å². The molecule has 2 atom stereocenters. The largest absolute Gasteiger partial charge is 0.410 e. The number of anilines is 1. The zero-order chi connectivity index (χ0) is 15.2. The number of alkyl halides is 3. The molecule has 0 fully saturated rings. The van der Waals surface area contributed by atoms with Crippen molar-refractivity contribution in [1.82, 2.24) is 9.78 Å². The molecule has 1 aliphatic rings. The lowest BCUT2D eigenvalue weighted by atomic mass is 10.1. The van der Waals surface area contributed by atoms with Crippen molar-refractivity contribution in [2.45, 2.75) is 38.5 Å². The third-order valence-electron chi connectivity index (χ3n) is 3.73. The number of hydrogen-bond donors (Lipinski definition) is 1. The van der Waals surface area contributed by atoms with Gasteiger partial charge in [0.15, 0.2) is 6.04 Å². The van der Waals surface area contributed by atoms with Gasteiger partial charge in [0.25, 0.3) is 0 Å². The Bertz CT molecular complexity index is 643. The number of halogens is 3. The Labute approximate surface area is 120 Å². The van der Waals surface area contributed by atoms with Crippen LogP contribution in [0.4, 0.5) is 19.0 Å². The fourth-order valence-corrected chi connectivity index (χ4v) is 2.62. The van der Waals surface area contributed by atoms with E-state index in [0.29, 0.717) is 11.5 Å². The minimum Gasteiger partial charge on any atom is -0.368 e. The van der Waals surface area contributed by atoms with Gasteiger partial charge in [-0.2, -0.15) is 18.3 Å². The summed E-state index contributed by atoms with van der Waals surface area (Å²) in [5.74, 6) is 0.423. The summed E-state index contributed by atoms with van der Waals surface area (Å²) in [6.45, 7) is 3.71. The summed E-state index contributed by atoms with van der Waals surface area (Å²) in [5, 5.41) is 7.23. The molecule has 0 amide bonds. The van der Waals surface area contributed by atoms with E-state index in [9.17, 15) is 13.2 Å². The van der Waals surface area contributed by atoms with E-state index in [1.54, 1.807) is 13.0 Å². The van der Waals surface area contributed by atoms with E-state index in [0.717, 1.165) is 15.8 Å². The second kappa shape index (κ2) is 4.79. The van der Waals surface area contributed by atoms with Crippen molar-refractivity contribution in [1.29, 1.82) is 0 Å². The van der Waals surface area contributed by atoms with Gasteiger partial charge < -0.3 is 5.32 Å². The third-order valence-corrected chi connectivity index (χ3v) is 3.73. The molecule has 0 spiro atoms. The minimum absolute atomic E-state index is 0.00841. The number of aryl methyl sites for hydroxylation is 1. The lowest BCUT2D eigenvalue weighted by Gasteiger charge is -2.31. The van der Waals surface area contributed by atoms with Crippen molar-refractivity contribution in [3.8, 4) is 11.3 Å². The molecule has 3 nitrogen and oxygen atoms in total. The summed E-state index contributed by atoms with van der Waals surface area (Å²) < 4.78 is 40.6. The van der Waals surface area contributed by atoms with E-state index >= 15 is 0 Å². The Kier molecular flexibility index (Phi) is 3.19. The van der Waals surface area contributed by atoms with Crippen molar-refractivity contribution in [3.63, 3.8) is 0 Å². The zero-order valence-corrected chi connectivity index (χ0v) is 11.8. The first-order valence-corrected chi connectivity index (χ1v) is 6.84. The lowest BCUT2D eigenvalue weighted by Crippen LogP contribution is -2.37. The predicted molar refractivity (Wildman–Crippen MR) is 75.2 cm³/mol. The first-order valence-electron chi connectivity index (χ1n) is 6.84. The normalized spacial score (nSPS) is 21.8. The Balaban J connectivity index is 2.03. The van der Waals surface area contributed by atoms with Gasteiger partial charge in [-0.3, -0.25) is 0 Å². The number of fused-ring (bicyclic) bond motifs is 1. The van der Waals surface area contributed by atoms with Crippen LogP contribution in [0.5, 0.6) is 0 Å². The van der Waals surface area contributed by atoms with Crippen LogP contribution < -0.4 is 5.32 Å². The number of nitrogens with one attached hydrogen (secondary N) is 1. The van der Waals surface area contributed by atoms with Gasteiger partial charge in [-0.15, -0.1) is 0 Å². The molecule has 1 N–H and O–H groups in total. The topological polar surface area (TPSA) is 29.9 Å². The molecule has 2 aromatic rings. The second-order valence-electron chi connectivity index (χ2n) is 5.56. The fourth-order valence-electron chi connectivity index (χ4n) is 2.62. The van der Waals surface area contributed by atoms with Gasteiger partial charge in [0.1, 0.15) is 5.82 Å². The van der Waals surface area contributed by atoms with Crippen LogP contribution in [0.3, 0.4) is 0 Å². The zero-order valence-electron chi connectivity index (χ0n) is 11.8. The van der Waals surface area contributed by atoms with Crippen LogP contribution in [0, 0.1) is 6.92 Å². The molecule has 0 bridgehead atoms. The Morgan fingerprint density at radius 1 is 1.24 bits per heavy atom. The standard InChI is InChI=1S/C15H16F3N3/c1-9-3-5-11(6-4-9)12-8-14-19-10(2)7-13(15(16,17)18)21(14)20-12/h3-6,8,10,13,19H,7H2,1-2H3. The summed E-state index contributed by atoms with van der Waals surface area (Å²) in [7, 11) is 0. The second-order valence-corrected chi connectivity index (χ2v) is 5.56. The van der Waals surface area contributed by atoms with E-state index in [1.807, 2.05) is 31.2 Å². The van der Waals surface area contributed by atoms with Gasteiger partial charge in [0, 0.05) is 17.7 Å². The molecule has 2 heterocycles. The van der Waals surface area contributed by atoms with Crippen molar-refractivity contribution >= 4 is 5.82 Å². The lowest BCUT2D eigenvalue weighted by molar-refractivity contribution is -0.173. The third kappa shape index (κ3) is 2.62. The summed E-state index contributed by atoms with van der Waals surface area (Å²) >= 11 is 0. The maximum Gasteiger partial charge on any atom is 0.410 e. The molecule has 0 saturated heterocycles. The first-order chi connectivity index (χ1) is 9.84. The van der Waals surface area contributed by atoms with Crippen LogP contribution in [0.15, 0.2) is 30.3 Å². The highest BCUT2D eigenvalue weighted by Crippen LogP contribution is 2.40. The van der Waals surface area contributed by atoms with E-state index in [-0.39, 0.29) is 12.5 Å². The molecule has 6 heteroatoms. The first kappa shape index (κ1) is 14.0. The SMILES string of the molecule is Cc1ccc(-c2cc3n(n2)C(C(F)(F)F)CC(C)N3)cc1. The summed E-state index contributed by atoms with van der Waals surface area (Å²) in [6, 6.07) is 7.47. The van der Waals surface area contributed by atoms with Gasteiger partial charge in [-0.25, -0.2) is 4.68 Å². The van der Waals surface area contributed by atoms with Gasteiger partial charge in [-0.1, -0.05) is 29.8 Å².